The molecule has 0 aromatic heterocycles. The standard InChI is InChI=1S/C15H11BrFN3O3/c16-10-5-6-12(11(17)7-10)19-14(22)15(23)20-18-8-9-3-1-2-4-13(9)21/h1-8,21H,(H,19,22)(H,20,23)/b18-8+. The number of anilines is 1. The van der Waals surface area contributed by atoms with E-state index in [2.05, 4.69) is 26.3 Å². The SMILES string of the molecule is O=C(N/N=C/c1ccccc1O)C(=O)Nc1ccc(Br)cc1F. The number of para-hydroxylation sites is 1. The molecule has 2 aromatic rings. The van der Waals surface area contributed by atoms with Gasteiger partial charge in [-0.25, -0.2) is 9.82 Å². The number of aromatic hydroxyl groups is 1. The van der Waals surface area contributed by atoms with Crippen molar-refractivity contribution >= 4 is 39.6 Å². The molecular formula is C15H11BrFN3O3. The average molecular weight is 380 g/mol. The third-order valence-corrected chi connectivity index (χ3v) is 3.19. The molecule has 0 atom stereocenters. The van der Waals surface area contributed by atoms with Crippen LogP contribution < -0.4 is 10.7 Å². The van der Waals surface area contributed by atoms with E-state index in [0.717, 1.165) is 6.07 Å². The third kappa shape index (κ3) is 4.62. The number of phenolic OH excluding ortho intramolecular Hbond substituents is 1. The molecule has 0 saturated heterocycles. The van der Waals surface area contributed by atoms with E-state index >= 15 is 0 Å². The van der Waals surface area contributed by atoms with Gasteiger partial charge in [0.2, 0.25) is 0 Å². The van der Waals surface area contributed by atoms with E-state index in [9.17, 15) is 19.1 Å². The molecule has 0 spiro atoms. The van der Waals surface area contributed by atoms with Crippen LogP contribution in [0.2, 0.25) is 0 Å². The van der Waals surface area contributed by atoms with E-state index < -0.39 is 17.6 Å². The number of hydrogen-bond acceptors (Lipinski definition) is 4. The molecular weight excluding hydrogens is 369 g/mol. The first-order valence-corrected chi connectivity index (χ1v) is 7.14. The summed E-state index contributed by atoms with van der Waals surface area (Å²) in [6.45, 7) is 0. The summed E-state index contributed by atoms with van der Waals surface area (Å²) < 4.78 is 14.1. The highest BCUT2D eigenvalue weighted by Crippen LogP contribution is 2.19. The number of amides is 2. The predicted octanol–water partition coefficient (Wildman–Crippen LogP) is 2.38. The Bertz CT molecular complexity index is 780. The van der Waals surface area contributed by atoms with Gasteiger partial charge in [0.05, 0.1) is 11.9 Å². The van der Waals surface area contributed by atoms with Crippen molar-refractivity contribution in [2.75, 3.05) is 5.32 Å². The highest BCUT2D eigenvalue weighted by Gasteiger charge is 2.15. The molecule has 2 amide bonds. The van der Waals surface area contributed by atoms with Crippen LogP contribution in [0, 0.1) is 5.82 Å². The smallest absolute Gasteiger partial charge is 0.329 e. The van der Waals surface area contributed by atoms with Gasteiger partial charge in [-0.1, -0.05) is 28.1 Å². The molecule has 0 aliphatic rings. The van der Waals surface area contributed by atoms with Crippen LogP contribution in [-0.4, -0.2) is 23.1 Å². The summed E-state index contributed by atoms with van der Waals surface area (Å²) in [6.07, 6.45) is 1.18. The Balaban J connectivity index is 1.95. The Kier molecular flexibility index (Phi) is 5.42. The Morgan fingerprint density at radius 2 is 1.91 bits per heavy atom. The van der Waals surface area contributed by atoms with E-state index in [-0.39, 0.29) is 11.4 Å². The van der Waals surface area contributed by atoms with Crippen molar-refractivity contribution in [3.8, 4) is 5.75 Å². The van der Waals surface area contributed by atoms with Crippen LogP contribution in [-0.2, 0) is 9.59 Å². The molecule has 0 fully saturated rings. The number of hydrogen-bond donors (Lipinski definition) is 3. The largest absolute Gasteiger partial charge is 0.507 e. The molecule has 3 N–H and O–H groups in total. The van der Waals surface area contributed by atoms with E-state index in [1.807, 2.05) is 5.43 Å². The fourth-order valence-electron chi connectivity index (χ4n) is 1.58. The lowest BCUT2D eigenvalue weighted by Gasteiger charge is -2.05. The Hall–Kier alpha value is -2.74. The van der Waals surface area contributed by atoms with E-state index in [0.29, 0.717) is 10.0 Å². The van der Waals surface area contributed by atoms with Crippen LogP contribution in [0.4, 0.5) is 10.1 Å². The van der Waals surface area contributed by atoms with Crippen molar-refractivity contribution in [2.24, 2.45) is 5.10 Å². The number of rotatable bonds is 3. The molecule has 0 heterocycles. The van der Waals surface area contributed by atoms with Crippen molar-refractivity contribution in [3.05, 3.63) is 58.3 Å². The van der Waals surface area contributed by atoms with Crippen LogP contribution in [0.15, 0.2) is 52.0 Å². The van der Waals surface area contributed by atoms with Gasteiger partial charge in [-0.2, -0.15) is 5.10 Å². The number of phenols is 1. The summed E-state index contributed by atoms with van der Waals surface area (Å²) in [6, 6.07) is 10.3. The Morgan fingerprint density at radius 1 is 1.17 bits per heavy atom. The molecule has 0 radical (unpaired) electrons. The lowest BCUT2D eigenvalue weighted by molar-refractivity contribution is -0.136. The molecule has 0 saturated carbocycles. The second-order valence-electron chi connectivity index (χ2n) is 4.34. The number of benzene rings is 2. The van der Waals surface area contributed by atoms with Crippen molar-refractivity contribution in [3.63, 3.8) is 0 Å². The van der Waals surface area contributed by atoms with Gasteiger partial charge in [-0.3, -0.25) is 9.59 Å². The van der Waals surface area contributed by atoms with E-state index in [1.54, 1.807) is 18.2 Å². The first-order chi connectivity index (χ1) is 11.0. The molecule has 2 aromatic carbocycles. The minimum atomic E-state index is -1.07. The predicted molar refractivity (Wildman–Crippen MR) is 86.6 cm³/mol. The highest BCUT2D eigenvalue weighted by molar-refractivity contribution is 9.10. The molecule has 2 rings (SSSR count). The van der Waals surface area contributed by atoms with Crippen molar-refractivity contribution in [1.82, 2.24) is 5.43 Å². The first kappa shape index (κ1) is 16.6. The third-order valence-electron chi connectivity index (χ3n) is 2.69. The maximum absolute atomic E-state index is 13.6. The zero-order valence-corrected chi connectivity index (χ0v) is 13.2. The van der Waals surface area contributed by atoms with Crippen LogP contribution in [0.5, 0.6) is 5.75 Å². The van der Waals surface area contributed by atoms with E-state index in [4.69, 9.17) is 0 Å². The van der Waals surface area contributed by atoms with Crippen molar-refractivity contribution in [2.45, 2.75) is 0 Å². The van der Waals surface area contributed by atoms with Gasteiger partial charge in [0, 0.05) is 10.0 Å². The van der Waals surface area contributed by atoms with Gasteiger partial charge in [0.1, 0.15) is 11.6 Å². The molecule has 23 heavy (non-hydrogen) atoms. The van der Waals surface area contributed by atoms with Gasteiger partial charge < -0.3 is 10.4 Å². The van der Waals surface area contributed by atoms with Crippen LogP contribution in [0.1, 0.15) is 5.56 Å². The summed E-state index contributed by atoms with van der Waals surface area (Å²) in [5, 5.41) is 15.2. The summed E-state index contributed by atoms with van der Waals surface area (Å²) >= 11 is 3.08. The minimum Gasteiger partial charge on any atom is -0.507 e. The summed E-state index contributed by atoms with van der Waals surface area (Å²) in [7, 11) is 0. The van der Waals surface area contributed by atoms with Crippen molar-refractivity contribution in [1.29, 1.82) is 0 Å². The maximum atomic E-state index is 13.6. The first-order valence-electron chi connectivity index (χ1n) is 6.35. The summed E-state index contributed by atoms with van der Waals surface area (Å²) in [5.74, 6) is -2.84. The fraction of sp³-hybridized carbons (Fsp3) is 0. The van der Waals surface area contributed by atoms with Crippen molar-refractivity contribution < 1.29 is 19.1 Å². The zero-order chi connectivity index (χ0) is 16.8. The number of carbonyl (C=O) groups is 2. The monoisotopic (exact) mass is 379 g/mol. The van der Waals surface area contributed by atoms with Crippen LogP contribution in [0.3, 0.4) is 0 Å². The van der Waals surface area contributed by atoms with Crippen LogP contribution in [0.25, 0.3) is 0 Å². The molecule has 8 heteroatoms. The second kappa shape index (κ2) is 7.50. The molecule has 6 nitrogen and oxygen atoms in total. The lowest BCUT2D eigenvalue weighted by Crippen LogP contribution is -2.32. The molecule has 118 valence electrons. The normalized spacial score (nSPS) is 10.5. The topological polar surface area (TPSA) is 90.8 Å². The van der Waals surface area contributed by atoms with Gasteiger partial charge in [0.15, 0.2) is 0 Å². The fourth-order valence-corrected chi connectivity index (χ4v) is 1.91. The number of halogens is 2. The molecule has 0 aliphatic carbocycles. The molecule has 0 unspecified atom stereocenters. The zero-order valence-electron chi connectivity index (χ0n) is 11.6. The lowest BCUT2D eigenvalue weighted by atomic mass is 10.2. The number of hydrazone groups is 1. The quantitative estimate of drug-likeness (QED) is 0.434. The number of carbonyl (C=O) groups excluding carboxylic acids is 2. The molecule has 0 aliphatic heterocycles. The molecule has 0 bridgehead atoms. The summed E-state index contributed by atoms with van der Waals surface area (Å²) in [4.78, 5) is 23.2. The minimum absolute atomic E-state index is 0.0214. The van der Waals surface area contributed by atoms with Gasteiger partial charge in [-0.05, 0) is 30.3 Å². The van der Waals surface area contributed by atoms with Crippen LogP contribution >= 0.6 is 15.9 Å². The average Bonchev–Trinajstić information content (AvgIpc) is 2.51. The summed E-state index contributed by atoms with van der Waals surface area (Å²) in [5.41, 5.74) is 2.23. The second-order valence-corrected chi connectivity index (χ2v) is 5.25. The Labute approximate surface area is 139 Å². The van der Waals surface area contributed by atoms with Gasteiger partial charge >= 0.3 is 11.8 Å². The number of nitrogens with zero attached hydrogens (tertiary/aromatic N) is 1. The number of nitrogens with one attached hydrogen (secondary N) is 2. The maximum Gasteiger partial charge on any atom is 0.329 e. The van der Waals surface area contributed by atoms with E-state index in [1.165, 1.54) is 24.4 Å². The Morgan fingerprint density at radius 3 is 2.61 bits per heavy atom. The van der Waals surface area contributed by atoms with Gasteiger partial charge in [-0.15, -0.1) is 0 Å². The highest BCUT2D eigenvalue weighted by atomic mass is 79.9. The van der Waals surface area contributed by atoms with Gasteiger partial charge in [0.25, 0.3) is 0 Å².